The van der Waals surface area contributed by atoms with Gasteiger partial charge in [0, 0.05) is 56.4 Å². The quantitative estimate of drug-likeness (QED) is 0.137. The van der Waals surface area contributed by atoms with E-state index in [-0.39, 0.29) is 23.7 Å². The monoisotopic (exact) mass is 1160 g/mol. The summed E-state index contributed by atoms with van der Waals surface area (Å²) < 4.78 is 0. The van der Waals surface area contributed by atoms with Gasteiger partial charge in [-0.25, -0.2) is 29.9 Å². The smallest absolute Gasteiger partial charge is 0.160 e. The molecule has 0 spiro atoms. The molecule has 2 aromatic heterocycles. The SMILES string of the molecule is CC1C(C2=C3C=CC=C4c5ccccc5C(C=C2)C43)=CC(c2ccc3c4c(cccc24)-c2ccccc2-3)=C2N=C(c3ccc(-c4cc(-c5ccccc5)nc(-c5ccccc5)n4)cc3)N=C(c3ccc(-c4cc(-c5ccccc5)nc(-c5ccccc5)n4)cc3)C21. The van der Waals surface area contributed by atoms with Gasteiger partial charge in [0.15, 0.2) is 17.5 Å². The summed E-state index contributed by atoms with van der Waals surface area (Å²) in [7, 11) is 0. The number of aromatic nitrogens is 4. The molecule has 0 N–H and O–H groups in total. The minimum atomic E-state index is -0.242. The summed E-state index contributed by atoms with van der Waals surface area (Å²) in [6, 6.07) is 92.4. The van der Waals surface area contributed by atoms with Crippen molar-refractivity contribution in [3.05, 3.63) is 348 Å². The average molecular weight is 1160 g/mol. The molecule has 18 rings (SSSR count). The molecule has 0 bridgehead atoms. The van der Waals surface area contributed by atoms with Crippen molar-refractivity contribution in [2.75, 3.05) is 0 Å². The van der Waals surface area contributed by atoms with Crippen LogP contribution in [0.1, 0.15) is 40.7 Å². The van der Waals surface area contributed by atoms with E-state index in [2.05, 4.69) is 256 Å². The lowest BCUT2D eigenvalue weighted by molar-refractivity contribution is 0.570. The lowest BCUT2D eigenvalue weighted by Gasteiger charge is -2.38. The zero-order valence-electron chi connectivity index (χ0n) is 49.8. The van der Waals surface area contributed by atoms with E-state index in [4.69, 9.17) is 29.9 Å². The van der Waals surface area contributed by atoms with Crippen LogP contribution in [-0.2, 0) is 0 Å². The molecule has 5 aliphatic carbocycles. The van der Waals surface area contributed by atoms with Crippen molar-refractivity contribution in [2.24, 2.45) is 27.7 Å². The van der Waals surface area contributed by atoms with Crippen molar-refractivity contribution in [3.63, 3.8) is 0 Å². The predicted molar refractivity (Wildman–Crippen MR) is 372 cm³/mol. The Kier molecular flexibility index (Phi) is 12.3. The number of hydrogen-bond donors (Lipinski definition) is 0. The van der Waals surface area contributed by atoms with Crippen LogP contribution in [-0.4, -0.2) is 31.5 Å². The van der Waals surface area contributed by atoms with Crippen molar-refractivity contribution in [1.82, 2.24) is 19.9 Å². The van der Waals surface area contributed by atoms with E-state index in [1.54, 1.807) is 0 Å². The number of amidine groups is 1. The minimum Gasteiger partial charge on any atom is -0.232 e. The van der Waals surface area contributed by atoms with Gasteiger partial charge in [0.1, 0.15) is 0 Å². The fraction of sp³-hybridized carbons (Fsp3) is 0.0588. The molecular weight excluding hydrogens is 1100 g/mol. The maximum atomic E-state index is 5.90. The zero-order chi connectivity index (χ0) is 60.1. The lowest BCUT2D eigenvalue weighted by atomic mass is 9.67. The number of benzene rings is 10. The van der Waals surface area contributed by atoms with Crippen molar-refractivity contribution < 1.29 is 0 Å². The first kappa shape index (κ1) is 52.5. The third kappa shape index (κ3) is 8.77. The number of aliphatic imine (C=N–C) groups is 2. The van der Waals surface area contributed by atoms with E-state index in [0.29, 0.717) is 17.5 Å². The molecule has 0 fully saturated rings. The van der Waals surface area contributed by atoms with Gasteiger partial charge >= 0.3 is 0 Å². The van der Waals surface area contributed by atoms with Crippen LogP contribution in [0.25, 0.3) is 112 Å². The second-order valence-corrected chi connectivity index (χ2v) is 24.4. The highest BCUT2D eigenvalue weighted by atomic mass is 15.0. The van der Waals surface area contributed by atoms with Gasteiger partial charge in [-0.3, -0.25) is 0 Å². The molecule has 0 saturated carbocycles. The lowest BCUT2D eigenvalue weighted by Crippen LogP contribution is -2.33. The van der Waals surface area contributed by atoms with E-state index in [1.165, 1.54) is 66.4 Å². The van der Waals surface area contributed by atoms with Crippen LogP contribution in [0.3, 0.4) is 0 Å². The van der Waals surface area contributed by atoms with Crippen LogP contribution in [0.5, 0.6) is 0 Å². The Morgan fingerprint density at radius 2 is 0.835 bits per heavy atom. The molecule has 6 nitrogen and oxygen atoms in total. The molecule has 6 heteroatoms. The van der Waals surface area contributed by atoms with E-state index >= 15 is 0 Å². The van der Waals surface area contributed by atoms with E-state index in [1.807, 2.05) is 48.5 Å². The molecule has 0 saturated heterocycles. The number of allylic oxidation sites excluding steroid dienone is 12. The zero-order valence-corrected chi connectivity index (χ0v) is 49.8. The minimum absolute atomic E-state index is 0.0414. The molecular formula is C85H56N6. The summed E-state index contributed by atoms with van der Waals surface area (Å²) in [5.41, 5.74) is 28.6. The molecule has 10 aromatic carbocycles. The number of hydrogen-bond acceptors (Lipinski definition) is 6. The Balaban J connectivity index is 0.836. The second kappa shape index (κ2) is 21.3. The summed E-state index contributed by atoms with van der Waals surface area (Å²) in [4.78, 5) is 32.4. The highest BCUT2D eigenvalue weighted by Crippen LogP contribution is 2.58. The standard InChI is InChI=1S/C85H56N6/c1-51-72(64-44-46-70-62-30-16-14-28-60(62)66-32-18-34-68(64)79(66)70)48-73(65-45-47-71-63-31-17-15-29-61(63)67-33-19-35-69(65)80(67)71)82-78(51)81(56-40-36-54(37-41-56)76-49-74(52-20-6-2-7-21-52)86-83(88-76)57-24-10-4-11-25-57)90-85(91-82)59-42-38-55(39-43-59)77-50-75(53-22-8-3-9-23-53)87-84(89-77)58-26-12-5-13-27-58/h2-51,70,78-79H,1H3. The van der Waals surface area contributed by atoms with Gasteiger partial charge in [-0.2, -0.15) is 0 Å². The third-order valence-corrected chi connectivity index (χ3v) is 19.3. The normalized spacial score (nSPS) is 18.0. The Morgan fingerprint density at radius 3 is 1.43 bits per heavy atom. The van der Waals surface area contributed by atoms with Gasteiger partial charge in [0.05, 0.1) is 40.1 Å². The fourth-order valence-electron chi connectivity index (χ4n) is 15.0. The maximum Gasteiger partial charge on any atom is 0.160 e. The molecule has 0 radical (unpaired) electrons. The molecule has 4 unspecified atom stereocenters. The number of nitrogens with zero attached hydrogens (tertiary/aromatic N) is 6. The van der Waals surface area contributed by atoms with Crippen molar-refractivity contribution in [2.45, 2.75) is 12.8 Å². The average Bonchev–Trinajstić information content (AvgIpc) is 1.69. The number of rotatable bonds is 10. The van der Waals surface area contributed by atoms with Crippen molar-refractivity contribution >= 4 is 33.5 Å². The first-order valence-electron chi connectivity index (χ1n) is 31.4. The third-order valence-electron chi connectivity index (χ3n) is 19.3. The van der Waals surface area contributed by atoms with Crippen LogP contribution < -0.4 is 0 Å². The molecule has 12 aromatic rings. The van der Waals surface area contributed by atoms with Gasteiger partial charge in [-0.15, -0.1) is 0 Å². The topological polar surface area (TPSA) is 76.3 Å². The molecule has 3 heterocycles. The Hall–Kier alpha value is -11.6. The van der Waals surface area contributed by atoms with Gasteiger partial charge in [-0.05, 0) is 102 Å². The highest BCUT2D eigenvalue weighted by molar-refractivity contribution is 6.21. The first-order chi connectivity index (χ1) is 45.0. The summed E-state index contributed by atoms with van der Waals surface area (Å²) in [6.07, 6.45) is 14.4. The summed E-state index contributed by atoms with van der Waals surface area (Å²) in [5.74, 6) is 2.22. The van der Waals surface area contributed by atoms with Crippen molar-refractivity contribution in [3.8, 4) is 90.1 Å². The maximum absolute atomic E-state index is 5.90. The van der Waals surface area contributed by atoms with Crippen LogP contribution in [0, 0.1) is 17.8 Å². The fourth-order valence-corrected chi connectivity index (χ4v) is 15.0. The summed E-state index contributed by atoms with van der Waals surface area (Å²) in [5, 5.41) is 2.49. The molecule has 91 heavy (non-hydrogen) atoms. The van der Waals surface area contributed by atoms with Crippen LogP contribution >= 0.6 is 0 Å². The number of fused-ring (bicyclic) bond motifs is 7. The van der Waals surface area contributed by atoms with Gasteiger partial charge in [0.2, 0.25) is 0 Å². The largest absolute Gasteiger partial charge is 0.232 e. The van der Waals surface area contributed by atoms with Gasteiger partial charge in [-0.1, -0.05) is 286 Å². The molecule has 4 atom stereocenters. The van der Waals surface area contributed by atoms with Gasteiger partial charge < -0.3 is 0 Å². The second-order valence-electron chi connectivity index (χ2n) is 24.4. The molecule has 0 amide bonds. The molecule has 1 aliphatic heterocycles. The molecule has 6 aliphatic rings. The summed E-state index contributed by atoms with van der Waals surface area (Å²) in [6.45, 7) is 2.41. The van der Waals surface area contributed by atoms with E-state index < -0.39 is 0 Å². The predicted octanol–water partition coefficient (Wildman–Crippen LogP) is 20.2. The Labute approximate surface area is 528 Å². The first-order valence-corrected chi connectivity index (χ1v) is 31.4. The van der Waals surface area contributed by atoms with Crippen LogP contribution in [0.2, 0.25) is 0 Å². The molecule has 426 valence electrons. The van der Waals surface area contributed by atoms with E-state index in [0.717, 1.165) is 89.8 Å². The van der Waals surface area contributed by atoms with Crippen LogP contribution in [0.15, 0.2) is 330 Å². The summed E-state index contributed by atoms with van der Waals surface area (Å²) >= 11 is 0. The highest BCUT2D eigenvalue weighted by Gasteiger charge is 2.44. The van der Waals surface area contributed by atoms with E-state index in [9.17, 15) is 0 Å². The Bertz CT molecular complexity index is 5120. The van der Waals surface area contributed by atoms with Gasteiger partial charge in [0.25, 0.3) is 0 Å². The Morgan fingerprint density at radius 1 is 0.352 bits per heavy atom. The van der Waals surface area contributed by atoms with Crippen molar-refractivity contribution in [1.29, 1.82) is 0 Å². The van der Waals surface area contributed by atoms with Crippen LogP contribution in [0.4, 0.5) is 0 Å².